The molecule has 0 bridgehead atoms. The SMILES string of the molecule is C=CCCCCCC(=O)c1ccncc1. The molecule has 1 aromatic heterocycles. The van der Waals surface area contributed by atoms with E-state index in [1.165, 1.54) is 0 Å². The molecule has 0 fully saturated rings. The Balaban J connectivity index is 2.22. The average molecular weight is 203 g/mol. The standard InChI is InChI=1S/C13H17NO/c1-2-3-4-5-6-7-13(15)12-8-10-14-11-9-12/h2,8-11H,1,3-7H2. The molecule has 0 unspecified atom stereocenters. The molecule has 0 amide bonds. The number of allylic oxidation sites excluding steroid dienone is 1. The van der Waals surface area contributed by atoms with Crippen molar-refractivity contribution >= 4 is 5.78 Å². The van der Waals surface area contributed by atoms with Crippen LogP contribution in [0.4, 0.5) is 0 Å². The summed E-state index contributed by atoms with van der Waals surface area (Å²) >= 11 is 0. The second-order valence-corrected chi connectivity index (χ2v) is 3.55. The van der Waals surface area contributed by atoms with Crippen LogP contribution in [0.5, 0.6) is 0 Å². The molecular weight excluding hydrogens is 186 g/mol. The van der Waals surface area contributed by atoms with Crippen LogP contribution in [0.2, 0.25) is 0 Å². The Hall–Kier alpha value is -1.44. The van der Waals surface area contributed by atoms with E-state index in [0.717, 1.165) is 31.2 Å². The monoisotopic (exact) mass is 203 g/mol. The fraction of sp³-hybridized carbons (Fsp3) is 0.385. The molecule has 15 heavy (non-hydrogen) atoms. The van der Waals surface area contributed by atoms with Gasteiger partial charge >= 0.3 is 0 Å². The number of carbonyl (C=O) groups excluding carboxylic acids is 1. The number of rotatable bonds is 7. The molecule has 0 N–H and O–H groups in total. The van der Waals surface area contributed by atoms with E-state index in [1.54, 1.807) is 24.5 Å². The van der Waals surface area contributed by atoms with E-state index in [-0.39, 0.29) is 5.78 Å². The Kier molecular flexibility index (Phi) is 5.38. The average Bonchev–Trinajstić information content (AvgIpc) is 2.30. The minimum atomic E-state index is 0.219. The molecule has 0 saturated heterocycles. The summed E-state index contributed by atoms with van der Waals surface area (Å²) in [5.74, 6) is 0.219. The molecule has 0 radical (unpaired) electrons. The highest BCUT2D eigenvalue weighted by molar-refractivity contribution is 5.95. The van der Waals surface area contributed by atoms with E-state index >= 15 is 0 Å². The van der Waals surface area contributed by atoms with Gasteiger partial charge in [-0.15, -0.1) is 6.58 Å². The predicted octanol–water partition coefficient (Wildman–Crippen LogP) is 3.40. The number of unbranched alkanes of at least 4 members (excludes halogenated alkanes) is 3. The van der Waals surface area contributed by atoms with Gasteiger partial charge in [-0.2, -0.15) is 0 Å². The maximum atomic E-state index is 11.6. The fourth-order valence-corrected chi connectivity index (χ4v) is 1.43. The molecule has 0 spiro atoms. The summed E-state index contributed by atoms with van der Waals surface area (Å²) in [5.41, 5.74) is 0.772. The van der Waals surface area contributed by atoms with E-state index < -0.39 is 0 Å². The third-order valence-electron chi connectivity index (χ3n) is 2.31. The van der Waals surface area contributed by atoms with Crippen molar-refractivity contribution < 1.29 is 4.79 Å². The summed E-state index contributed by atoms with van der Waals surface area (Å²) in [6.45, 7) is 3.67. The van der Waals surface area contributed by atoms with Crippen molar-refractivity contribution in [1.29, 1.82) is 0 Å². The molecule has 80 valence electrons. The number of nitrogens with zero attached hydrogens (tertiary/aromatic N) is 1. The summed E-state index contributed by atoms with van der Waals surface area (Å²) in [6.07, 6.45) is 10.1. The molecule has 0 saturated carbocycles. The summed E-state index contributed by atoms with van der Waals surface area (Å²) in [7, 11) is 0. The second kappa shape index (κ2) is 6.93. The van der Waals surface area contributed by atoms with Crippen LogP contribution in [0, 0.1) is 0 Å². The van der Waals surface area contributed by atoms with E-state index in [1.807, 2.05) is 6.08 Å². The highest BCUT2D eigenvalue weighted by Crippen LogP contribution is 2.08. The molecule has 2 nitrogen and oxygen atoms in total. The van der Waals surface area contributed by atoms with Gasteiger partial charge in [-0.3, -0.25) is 9.78 Å². The molecule has 1 heterocycles. The maximum absolute atomic E-state index is 11.6. The zero-order valence-corrected chi connectivity index (χ0v) is 8.98. The Labute approximate surface area is 91.0 Å². The molecular formula is C13H17NO. The van der Waals surface area contributed by atoms with Crippen LogP contribution < -0.4 is 0 Å². The lowest BCUT2D eigenvalue weighted by atomic mass is 10.1. The van der Waals surface area contributed by atoms with Crippen molar-refractivity contribution in [3.05, 3.63) is 42.7 Å². The summed E-state index contributed by atoms with van der Waals surface area (Å²) < 4.78 is 0. The van der Waals surface area contributed by atoms with Gasteiger partial charge in [-0.1, -0.05) is 12.5 Å². The first kappa shape index (κ1) is 11.6. The van der Waals surface area contributed by atoms with Gasteiger partial charge in [0.05, 0.1) is 0 Å². The number of aromatic nitrogens is 1. The first-order chi connectivity index (χ1) is 7.34. The first-order valence-corrected chi connectivity index (χ1v) is 5.38. The Morgan fingerprint density at radius 3 is 2.67 bits per heavy atom. The van der Waals surface area contributed by atoms with E-state index in [2.05, 4.69) is 11.6 Å². The van der Waals surface area contributed by atoms with Crippen LogP contribution >= 0.6 is 0 Å². The minimum absolute atomic E-state index is 0.219. The van der Waals surface area contributed by atoms with Crippen molar-refractivity contribution in [3.63, 3.8) is 0 Å². The van der Waals surface area contributed by atoms with Crippen molar-refractivity contribution in [2.45, 2.75) is 32.1 Å². The number of Topliss-reactive ketones (excluding diaryl/α,β-unsaturated/α-hetero) is 1. The largest absolute Gasteiger partial charge is 0.294 e. The molecule has 0 atom stereocenters. The molecule has 1 aromatic rings. The van der Waals surface area contributed by atoms with Gasteiger partial charge in [0.1, 0.15) is 0 Å². The third-order valence-corrected chi connectivity index (χ3v) is 2.31. The summed E-state index contributed by atoms with van der Waals surface area (Å²) in [4.78, 5) is 15.5. The molecule has 0 aliphatic heterocycles. The van der Waals surface area contributed by atoms with Crippen LogP contribution in [-0.4, -0.2) is 10.8 Å². The zero-order chi connectivity index (χ0) is 10.9. The van der Waals surface area contributed by atoms with Crippen LogP contribution in [0.15, 0.2) is 37.2 Å². The molecule has 1 rings (SSSR count). The zero-order valence-electron chi connectivity index (χ0n) is 8.98. The van der Waals surface area contributed by atoms with E-state index in [4.69, 9.17) is 0 Å². The topological polar surface area (TPSA) is 30.0 Å². The van der Waals surface area contributed by atoms with Crippen LogP contribution in [0.1, 0.15) is 42.5 Å². The predicted molar refractivity (Wildman–Crippen MR) is 61.8 cm³/mol. The van der Waals surface area contributed by atoms with Crippen molar-refractivity contribution in [2.75, 3.05) is 0 Å². The number of hydrogen-bond acceptors (Lipinski definition) is 2. The normalized spacial score (nSPS) is 9.87. The lowest BCUT2D eigenvalue weighted by Crippen LogP contribution is -1.98. The molecule has 2 heteroatoms. The number of ketones is 1. The van der Waals surface area contributed by atoms with Gasteiger partial charge in [-0.25, -0.2) is 0 Å². The highest BCUT2D eigenvalue weighted by Gasteiger charge is 2.03. The van der Waals surface area contributed by atoms with Gasteiger partial charge in [0, 0.05) is 24.4 Å². The van der Waals surface area contributed by atoms with Crippen LogP contribution in [-0.2, 0) is 0 Å². The lowest BCUT2D eigenvalue weighted by Gasteiger charge is -2.00. The Morgan fingerprint density at radius 2 is 2.00 bits per heavy atom. The van der Waals surface area contributed by atoms with Crippen molar-refractivity contribution in [2.24, 2.45) is 0 Å². The van der Waals surface area contributed by atoms with Crippen LogP contribution in [0.25, 0.3) is 0 Å². The Morgan fingerprint density at radius 1 is 1.27 bits per heavy atom. The number of hydrogen-bond donors (Lipinski definition) is 0. The second-order valence-electron chi connectivity index (χ2n) is 3.55. The van der Waals surface area contributed by atoms with Gasteiger partial charge in [-0.05, 0) is 31.4 Å². The van der Waals surface area contributed by atoms with Gasteiger partial charge < -0.3 is 0 Å². The lowest BCUT2D eigenvalue weighted by molar-refractivity contribution is 0.0979. The van der Waals surface area contributed by atoms with E-state index in [0.29, 0.717) is 6.42 Å². The quantitative estimate of drug-likeness (QED) is 0.386. The molecule has 0 aliphatic carbocycles. The third kappa shape index (κ3) is 4.54. The highest BCUT2D eigenvalue weighted by atomic mass is 16.1. The maximum Gasteiger partial charge on any atom is 0.162 e. The van der Waals surface area contributed by atoms with Crippen molar-refractivity contribution in [1.82, 2.24) is 4.98 Å². The van der Waals surface area contributed by atoms with Gasteiger partial charge in [0.15, 0.2) is 5.78 Å². The smallest absolute Gasteiger partial charge is 0.162 e. The first-order valence-electron chi connectivity index (χ1n) is 5.38. The Bertz CT molecular complexity index is 306. The molecule has 0 aromatic carbocycles. The van der Waals surface area contributed by atoms with Crippen molar-refractivity contribution in [3.8, 4) is 0 Å². The number of pyridine rings is 1. The van der Waals surface area contributed by atoms with E-state index in [9.17, 15) is 4.79 Å². The fourth-order valence-electron chi connectivity index (χ4n) is 1.43. The summed E-state index contributed by atoms with van der Waals surface area (Å²) in [6, 6.07) is 3.54. The van der Waals surface area contributed by atoms with Crippen LogP contribution in [0.3, 0.4) is 0 Å². The molecule has 0 aliphatic rings. The summed E-state index contributed by atoms with van der Waals surface area (Å²) in [5, 5.41) is 0. The van der Waals surface area contributed by atoms with Gasteiger partial charge in [0.25, 0.3) is 0 Å². The van der Waals surface area contributed by atoms with Gasteiger partial charge in [0.2, 0.25) is 0 Å². The minimum Gasteiger partial charge on any atom is -0.294 e. The number of carbonyl (C=O) groups is 1.